The fraction of sp³-hybridized carbons (Fsp3) is 0.545. The fourth-order valence-corrected chi connectivity index (χ4v) is 2.49. The van der Waals surface area contributed by atoms with E-state index in [2.05, 4.69) is 16.8 Å². The highest BCUT2D eigenvalue weighted by Gasteiger charge is 2.20. The van der Waals surface area contributed by atoms with Crippen molar-refractivity contribution >= 4 is 40.6 Å². The van der Waals surface area contributed by atoms with Crippen LogP contribution in [0.5, 0.6) is 0 Å². The Morgan fingerprint density at radius 3 is 2.44 bits per heavy atom. The minimum atomic E-state index is 0.319. The van der Waals surface area contributed by atoms with Gasteiger partial charge in [-0.2, -0.15) is 0 Å². The summed E-state index contributed by atoms with van der Waals surface area (Å²) in [6, 6.07) is 1.66. The summed E-state index contributed by atoms with van der Waals surface area (Å²) in [5.41, 5.74) is 0. The van der Waals surface area contributed by atoms with E-state index in [4.69, 9.17) is 34.8 Å². The lowest BCUT2D eigenvalue weighted by Crippen LogP contribution is -2.33. The lowest BCUT2D eigenvalue weighted by Gasteiger charge is -2.31. The third-order valence-corrected chi connectivity index (χ3v) is 3.90. The number of rotatable bonds is 1. The maximum Gasteiger partial charge on any atom is 0.150 e. The Morgan fingerprint density at radius 1 is 1.19 bits per heavy atom. The molecule has 1 aromatic heterocycles. The topological polar surface area (TPSA) is 16.1 Å². The highest BCUT2D eigenvalue weighted by molar-refractivity contribution is 6.42. The Kier molecular flexibility index (Phi) is 3.83. The van der Waals surface area contributed by atoms with Crippen LogP contribution in [0.3, 0.4) is 0 Å². The van der Waals surface area contributed by atoms with Gasteiger partial charge in [-0.15, -0.1) is 0 Å². The van der Waals surface area contributed by atoms with E-state index in [1.807, 2.05) is 0 Å². The molecule has 0 spiro atoms. The van der Waals surface area contributed by atoms with Crippen molar-refractivity contribution in [3.63, 3.8) is 0 Å². The quantitative estimate of drug-likeness (QED) is 0.713. The molecule has 0 aromatic carbocycles. The van der Waals surface area contributed by atoms with Gasteiger partial charge in [-0.05, 0) is 24.8 Å². The predicted molar refractivity (Wildman–Crippen MR) is 69.9 cm³/mol. The maximum atomic E-state index is 6.12. The third-order valence-electron chi connectivity index (χ3n) is 2.95. The van der Waals surface area contributed by atoms with Gasteiger partial charge in [-0.3, -0.25) is 0 Å². The van der Waals surface area contributed by atoms with E-state index in [1.165, 1.54) is 0 Å². The smallest absolute Gasteiger partial charge is 0.150 e. The van der Waals surface area contributed by atoms with Gasteiger partial charge in [0.2, 0.25) is 0 Å². The van der Waals surface area contributed by atoms with E-state index in [0.29, 0.717) is 15.2 Å². The van der Waals surface area contributed by atoms with Crippen molar-refractivity contribution in [1.82, 2.24) is 4.98 Å². The van der Waals surface area contributed by atoms with Gasteiger partial charge in [-0.25, -0.2) is 4.98 Å². The number of hydrogen-bond acceptors (Lipinski definition) is 2. The van der Waals surface area contributed by atoms with Gasteiger partial charge in [0.15, 0.2) is 0 Å². The molecule has 16 heavy (non-hydrogen) atoms. The molecular weight excluding hydrogens is 266 g/mol. The number of aromatic nitrogens is 1. The zero-order chi connectivity index (χ0) is 11.7. The van der Waals surface area contributed by atoms with Gasteiger partial charge < -0.3 is 4.90 Å². The first-order valence-electron chi connectivity index (χ1n) is 5.34. The summed E-state index contributed by atoms with van der Waals surface area (Å²) in [7, 11) is 0. The van der Waals surface area contributed by atoms with Gasteiger partial charge in [0.05, 0.1) is 10.0 Å². The maximum absolute atomic E-state index is 6.12. The number of nitrogens with zero attached hydrogens (tertiary/aromatic N) is 2. The lowest BCUT2D eigenvalue weighted by atomic mass is 9.99. The first kappa shape index (κ1) is 12.3. The molecule has 5 heteroatoms. The molecule has 0 aliphatic carbocycles. The van der Waals surface area contributed by atoms with Crippen LogP contribution in [0, 0.1) is 5.92 Å². The first-order valence-corrected chi connectivity index (χ1v) is 6.48. The van der Waals surface area contributed by atoms with E-state index < -0.39 is 0 Å². The van der Waals surface area contributed by atoms with Gasteiger partial charge >= 0.3 is 0 Å². The average Bonchev–Trinajstić information content (AvgIpc) is 2.25. The number of hydrogen-bond donors (Lipinski definition) is 0. The zero-order valence-corrected chi connectivity index (χ0v) is 11.3. The molecule has 0 bridgehead atoms. The number of pyridine rings is 1. The minimum Gasteiger partial charge on any atom is -0.355 e. The summed E-state index contributed by atoms with van der Waals surface area (Å²) in [6.45, 7) is 4.22. The van der Waals surface area contributed by atoms with Crippen LogP contribution >= 0.6 is 34.8 Å². The van der Waals surface area contributed by atoms with Crippen molar-refractivity contribution in [1.29, 1.82) is 0 Å². The number of piperidine rings is 1. The van der Waals surface area contributed by atoms with E-state index in [-0.39, 0.29) is 0 Å². The molecule has 0 atom stereocenters. The summed E-state index contributed by atoms with van der Waals surface area (Å²) < 4.78 is 0. The summed E-state index contributed by atoms with van der Waals surface area (Å²) in [6.07, 6.45) is 2.33. The molecule has 0 amide bonds. The van der Waals surface area contributed by atoms with Crippen molar-refractivity contribution in [2.45, 2.75) is 19.8 Å². The van der Waals surface area contributed by atoms with Gasteiger partial charge in [-0.1, -0.05) is 41.7 Å². The molecule has 2 nitrogen and oxygen atoms in total. The molecule has 0 unspecified atom stereocenters. The Morgan fingerprint density at radius 2 is 1.81 bits per heavy atom. The second-order valence-corrected chi connectivity index (χ2v) is 5.41. The highest BCUT2D eigenvalue weighted by Crippen LogP contribution is 2.33. The molecule has 88 valence electrons. The summed E-state index contributed by atoms with van der Waals surface area (Å²) in [4.78, 5) is 6.42. The van der Waals surface area contributed by atoms with Crippen LogP contribution in [0.15, 0.2) is 6.07 Å². The molecule has 2 heterocycles. The SMILES string of the molecule is CC1CCN(c2nc(Cl)c(Cl)cc2Cl)CC1. The lowest BCUT2D eigenvalue weighted by molar-refractivity contribution is 0.436. The summed E-state index contributed by atoms with van der Waals surface area (Å²) in [5.74, 6) is 1.53. The fourth-order valence-electron chi connectivity index (χ4n) is 1.88. The van der Waals surface area contributed by atoms with Crippen LogP contribution in [0.25, 0.3) is 0 Å². The predicted octanol–water partition coefficient (Wildman–Crippen LogP) is 4.28. The molecule has 1 aliphatic heterocycles. The average molecular weight is 280 g/mol. The van der Waals surface area contributed by atoms with Gasteiger partial charge in [0.25, 0.3) is 0 Å². The van der Waals surface area contributed by atoms with Crippen LogP contribution in [0.2, 0.25) is 15.2 Å². The van der Waals surface area contributed by atoms with E-state index in [9.17, 15) is 0 Å². The monoisotopic (exact) mass is 278 g/mol. The van der Waals surface area contributed by atoms with Crippen LogP contribution in [0.1, 0.15) is 19.8 Å². The largest absolute Gasteiger partial charge is 0.355 e. The van der Waals surface area contributed by atoms with Gasteiger partial charge in [0, 0.05) is 13.1 Å². The van der Waals surface area contributed by atoms with Crippen molar-refractivity contribution in [3.05, 3.63) is 21.3 Å². The second-order valence-electron chi connectivity index (χ2n) is 4.24. The highest BCUT2D eigenvalue weighted by atomic mass is 35.5. The molecule has 1 fully saturated rings. The number of halogens is 3. The van der Waals surface area contributed by atoms with Gasteiger partial charge in [0.1, 0.15) is 11.0 Å². The summed E-state index contributed by atoms with van der Waals surface area (Å²) >= 11 is 17.9. The van der Waals surface area contributed by atoms with Crippen LogP contribution in [-0.2, 0) is 0 Å². The minimum absolute atomic E-state index is 0.319. The molecule has 0 saturated carbocycles. The zero-order valence-electron chi connectivity index (χ0n) is 9.01. The van der Waals surface area contributed by atoms with Crippen molar-refractivity contribution in [2.75, 3.05) is 18.0 Å². The summed E-state index contributed by atoms with van der Waals surface area (Å²) in [5, 5.41) is 1.30. The molecule has 0 radical (unpaired) electrons. The Labute approximate surface area is 111 Å². The number of anilines is 1. The molecule has 1 aromatic rings. The molecule has 0 N–H and O–H groups in total. The second kappa shape index (κ2) is 4.99. The first-order chi connectivity index (χ1) is 7.58. The van der Waals surface area contributed by atoms with Crippen LogP contribution < -0.4 is 4.90 Å². The van der Waals surface area contributed by atoms with Crippen molar-refractivity contribution < 1.29 is 0 Å². The van der Waals surface area contributed by atoms with Crippen molar-refractivity contribution in [3.8, 4) is 0 Å². The van der Waals surface area contributed by atoms with Crippen LogP contribution in [0.4, 0.5) is 5.82 Å². The third kappa shape index (κ3) is 2.55. The normalized spacial score (nSPS) is 17.9. The Hall–Kier alpha value is -0.180. The molecular formula is C11H13Cl3N2. The Balaban J connectivity index is 2.23. The molecule has 1 saturated heterocycles. The van der Waals surface area contributed by atoms with Crippen LogP contribution in [-0.4, -0.2) is 18.1 Å². The van der Waals surface area contributed by atoms with E-state index in [0.717, 1.165) is 37.7 Å². The van der Waals surface area contributed by atoms with Crippen molar-refractivity contribution in [2.24, 2.45) is 5.92 Å². The molecule has 1 aliphatic rings. The standard InChI is InChI=1S/C11H13Cl3N2/c1-7-2-4-16(5-3-7)11-9(13)6-8(12)10(14)15-11/h6-7H,2-5H2,1H3. The molecule has 2 rings (SSSR count). The van der Waals surface area contributed by atoms with E-state index in [1.54, 1.807) is 6.07 Å². The van der Waals surface area contributed by atoms with E-state index >= 15 is 0 Å². The Bertz CT molecular complexity index is 387.